The first kappa shape index (κ1) is 35.7. The van der Waals surface area contributed by atoms with E-state index in [4.69, 9.17) is 22.6 Å². The summed E-state index contributed by atoms with van der Waals surface area (Å²) in [5.74, 6) is -0.580. The Balaban J connectivity index is 5.03. The maximum atomic E-state index is 12.4. The molecule has 0 amide bonds. The molecule has 0 saturated carbocycles. The van der Waals surface area contributed by atoms with Crippen LogP contribution in [-0.2, 0) is 36.5 Å². The van der Waals surface area contributed by atoms with E-state index in [-0.39, 0.29) is 25.4 Å². The third-order valence-electron chi connectivity index (χ3n) is 4.91. The number of rotatable bonds is 20. The molecule has 0 aliphatic carbocycles. The van der Waals surface area contributed by atoms with Gasteiger partial charge in [-0.25, -0.2) is 9.36 Å². The van der Waals surface area contributed by atoms with E-state index in [0.29, 0.717) is 35.8 Å². The van der Waals surface area contributed by atoms with Gasteiger partial charge in [-0.1, -0.05) is 13.5 Å². The van der Waals surface area contributed by atoms with Crippen molar-refractivity contribution >= 4 is 39.1 Å². The quantitative estimate of drug-likeness (QED) is 0.0561. The summed E-state index contributed by atoms with van der Waals surface area (Å²) in [7, 11) is -4.14. The van der Waals surface area contributed by atoms with Gasteiger partial charge < -0.3 is 27.4 Å². The van der Waals surface area contributed by atoms with Crippen LogP contribution in [0.2, 0.25) is 43.9 Å². The maximum Gasteiger partial charge on any atom is 0.472 e. The highest BCUT2D eigenvalue weighted by Crippen LogP contribution is 2.43. The summed E-state index contributed by atoms with van der Waals surface area (Å²) in [4.78, 5) is 21.8. The van der Waals surface area contributed by atoms with Gasteiger partial charge >= 0.3 is 13.8 Å². The normalized spacial score (nSPS) is 16.6. The van der Waals surface area contributed by atoms with Crippen molar-refractivity contribution in [3.63, 3.8) is 0 Å². The fourth-order valence-corrected chi connectivity index (χ4v) is 17.2. The van der Waals surface area contributed by atoms with E-state index in [1.54, 1.807) is 0 Å². The van der Waals surface area contributed by atoms with Crippen LogP contribution >= 0.6 is 7.82 Å². The summed E-state index contributed by atoms with van der Waals surface area (Å²) in [6, 6.07) is 1.45. The molecule has 0 aromatic carbocycles. The second kappa shape index (κ2) is 15.9. The Kier molecular flexibility index (Phi) is 15.8. The third-order valence-corrected chi connectivity index (χ3v) is 17.1. The number of phosphoric acid groups is 1. The number of likely N-dealkylation sites (N-methyl/N-ethyl adjacent to an activating group) is 1. The Morgan fingerprint density at radius 1 is 1.11 bits per heavy atom. The SMILES string of the molecule is C=C(C)C(=O)OCC(COP(=O)(O)OCC[N+](C)(C)C)OCCC[Si](C)(C[Si](=O)CC)O[Si](C)(C)C. The Hall–Kier alpha value is -0.349. The first-order valence-electron chi connectivity index (χ1n) is 12.4. The Labute approximate surface area is 221 Å². The second-order valence-electron chi connectivity index (χ2n) is 11.3. The molecule has 0 aliphatic rings. The Morgan fingerprint density at radius 3 is 2.22 bits per heavy atom. The van der Waals surface area contributed by atoms with Gasteiger partial charge in [-0.05, 0) is 51.6 Å². The van der Waals surface area contributed by atoms with Gasteiger partial charge in [0.15, 0.2) is 16.6 Å². The summed E-state index contributed by atoms with van der Waals surface area (Å²) in [5, 5.41) is 0. The number of quaternary nitrogens is 1. The third kappa shape index (κ3) is 18.8. The lowest BCUT2D eigenvalue weighted by Crippen LogP contribution is -2.46. The van der Waals surface area contributed by atoms with Crippen molar-refractivity contribution in [1.82, 2.24) is 0 Å². The van der Waals surface area contributed by atoms with Crippen molar-refractivity contribution in [2.24, 2.45) is 0 Å². The summed E-state index contributed by atoms with van der Waals surface area (Å²) in [5.41, 5.74) is 0.891. The molecule has 0 heterocycles. The molecule has 10 nitrogen and oxygen atoms in total. The monoisotopic (exact) mass is 586 g/mol. The van der Waals surface area contributed by atoms with E-state index in [0.717, 1.165) is 6.04 Å². The lowest BCUT2D eigenvalue weighted by molar-refractivity contribution is -0.870. The molecule has 14 heteroatoms. The lowest BCUT2D eigenvalue weighted by Gasteiger charge is -2.34. The zero-order valence-corrected chi connectivity index (χ0v) is 27.7. The highest BCUT2D eigenvalue weighted by atomic mass is 31.2. The predicted octanol–water partition coefficient (Wildman–Crippen LogP) is 4.13. The van der Waals surface area contributed by atoms with Crippen LogP contribution in [0.1, 0.15) is 20.3 Å². The average molecular weight is 587 g/mol. The Bertz CT molecular complexity index is 771. The van der Waals surface area contributed by atoms with Crippen LogP contribution < -0.4 is 0 Å². The smallest absolute Gasteiger partial charge is 0.459 e. The second-order valence-corrected chi connectivity index (χ2v) is 24.4. The molecule has 0 aromatic heterocycles. The number of carbonyl (C=O) groups excluding carboxylic acids is 1. The highest BCUT2D eigenvalue weighted by molar-refractivity contribution is 7.47. The molecule has 0 aromatic rings. The van der Waals surface area contributed by atoms with Crippen molar-refractivity contribution < 1.29 is 45.8 Å². The van der Waals surface area contributed by atoms with Gasteiger partial charge in [0, 0.05) is 17.8 Å². The number of carbonyl (C=O) groups is 1. The van der Waals surface area contributed by atoms with E-state index in [1.807, 2.05) is 28.1 Å². The van der Waals surface area contributed by atoms with E-state index in [1.165, 1.54) is 6.92 Å². The molecule has 3 unspecified atom stereocenters. The van der Waals surface area contributed by atoms with Gasteiger partial charge in [-0.3, -0.25) is 9.05 Å². The van der Waals surface area contributed by atoms with E-state index >= 15 is 0 Å². The number of hydrogen-bond donors (Lipinski definition) is 1. The van der Waals surface area contributed by atoms with Crippen molar-refractivity contribution in [2.75, 3.05) is 54.1 Å². The molecule has 0 bridgehead atoms. The number of esters is 1. The van der Waals surface area contributed by atoms with E-state index in [2.05, 4.69) is 32.8 Å². The summed E-state index contributed by atoms with van der Waals surface area (Å²) < 4.78 is 52.9. The van der Waals surface area contributed by atoms with Crippen LogP contribution in [0.15, 0.2) is 12.2 Å². The fraction of sp³-hybridized carbons (Fsp3) is 0.864. The van der Waals surface area contributed by atoms with Gasteiger partial charge in [0.2, 0.25) is 0 Å². The zero-order valence-electron chi connectivity index (χ0n) is 23.8. The van der Waals surface area contributed by atoms with Crippen LogP contribution in [0.5, 0.6) is 0 Å². The number of ether oxygens (including phenoxy) is 2. The highest BCUT2D eigenvalue weighted by Gasteiger charge is 2.36. The van der Waals surface area contributed by atoms with Crippen molar-refractivity contribution in [3.05, 3.63) is 12.2 Å². The molecular formula is C22H49NO9PSi3+. The Morgan fingerprint density at radius 2 is 1.72 bits per heavy atom. The predicted molar refractivity (Wildman–Crippen MR) is 147 cm³/mol. The van der Waals surface area contributed by atoms with Crippen molar-refractivity contribution in [2.45, 2.75) is 70.3 Å². The van der Waals surface area contributed by atoms with Crippen LogP contribution in [0.3, 0.4) is 0 Å². The molecule has 212 valence electrons. The standard InChI is InChI=1S/C22H48NO9PSi3/c1-11-34(27)19-36(10,32-35(7,8)9)16-12-14-28-21(17-29-22(24)20(2)3)18-31-33(25,26)30-15-13-23(4,5)6/h21H,2,11-19H2,1,3-10H3/p+1. The minimum Gasteiger partial charge on any atom is -0.459 e. The molecule has 0 radical (unpaired) electrons. The van der Waals surface area contributed by atoms with Crippen LogP contribution in [0.4, 0.5) is 0 Å². The fourth-order valence-electron chi connectivity index (χ4n) is 3.23. The van der Waals surface area contributed by atoms with Gasteiger partial charge in [-0.15, -0.1) is 0 Å². The maximum absolute atomic E-state index is 12.4. The molecular weight excluding hydrogens is 537 g/mol. The molecule has 36 heavy (non-hydrogen) atoms. The first-order valence-corrected chi connectivity index (χ1v) is 21.9. The van der Waals surface area contributed by atoms with Crippen LogP contribution in [0.25, 0.3) is 0 Å². The van der Waals surface area contributed by atoms with E-state index < -0.39 is 45.2 Å². The summed E-state index contributed by atoms with van der Waals surface area (Å²) in [6.07, 6.45) is -0.107. The van der Waals surface area contributed by atoms with Gasteiger partial charge in [0.25, 0.3) is 8.68 Å². The first-order chi connectivity index (χ1) is 16.3. The van der Waals surface area contributed by atoms with Crippen molar-refractivity contribution in [3.8, 4) is 0 Å². The van der Waals surface area contributed by atoms with Gasteiger partial charge in [0.1, 0.15) is 25.9 Å². The van der Waals surface area contributed by atoms with Gasteiger partial charge in [0.05, 0.1) is 27.7 Å². The van der Waals surface area contributed by atoms with E-state index in [9.17, 15) is 18.7 Å². The molecule has 0 fully saturated rings. The molecule has 1 N–H and O–H groups in total. The largest absolute Gasteiger partial charge is 0.472 e. The van der Waals surface area contributed by atoms with Crippen LogP contribution in [0, 0.1) is 0 Å². The summed E-state index contributed by atoms with van der Waals surface area (Å²) in [6.45, 7) is 16.0. The van der Waals surface area contributed by atoms with Crippen molar-refractivity contribution in [1.29, 1.82) is 0 Å². The number of phosphoric ester groups is 1. The van der Waals surface area contributed by atoms with Crippen LogP contribution in [-0.4, -0.2) is 101 Å². The van der Waals surface area contributed by atoms with Gasteiger partial charge in [-0.2, -0.15) is 0 Å². The molecule has 0 spiro atoms. The number of hydrogen-bond acceptors (Lipinski definition) is 8. The molecule has 0 saturated heterocycles. The lowest BCUT2D eigenvalue weighted by atomic mass is 10.3. The number of nitrogens with zero attached hydrogens (tertiary/aromatic N) is 1. The minimum absolute atomic E-state index is 0.0502. The zero-order chi connectivity index (χ0) is 28.2. The minimum atomic E-state index is -4.30. The topological polar surface area (TPSA) is 118 Å². The average Bonchev–Trinajstić information content (AvgIpc) is 2.69. The molecule has 0 rings (SSSR count). The molecule has 0 aliphatic heterocycles. The summed E-state index contributed by atoms with van der Waals surface area (Å²) >= 11 is 0. The molecule has 3 atom stereocenters.